The molecule has 3 nitrogen and oxygen atoms in total. The number of aromatic nitrogens is 3. The van der Waals surface area contributed by atoms with Gasteiger partial charge < -0.3 is 4.57 Å². The second-order valence-electron chi connectivity index (χ2n) is 5.80. The van der Waals surface area contributed by atoms with E-state index in [0.717, 1.165) is 27.3 Å². The smallest absolute Gasteiger partial charge is 0.191 e. The van der Waals surface area contributed by atoms with Gasteiger partial charge in [-0.2, -0.15) is 0 Å². The topological polar surface area (TPSA) is 30.7 Å². The van der Waals surface area contributed by atoms with Gasteiger partial charge in [0.15, 0.2) is 11.0 Å². The molecule has 0 amide bonds. The molecule has 0 bridgehead atoms. The van der Waals surface area contributed by atoms with E-state index in [1.54, 1.807) is 11.8 Å². The molecule has 0 fully saturated rings. The average Bonchev–Trinajstić information content (AvgIpc) is 3.01. The Balaban J connectivity index is 1.58. The van der Waals surface area contributed by atoms with Gasteiger partial charge in [0.2, 0.25) is 0 Å². The molecular formula is C20H16ClN3S. The maximum absolute atomic E-state index is 5.96. The van der Waals surface area contributed by atoms with Crippen LogP contribution < -0.4 is 0 Å². The summed E-state index contributed by atoms with van der Waals surface area (Å²) in [5.74, 6) is 1.70. The second-order valence-corrected chi connectivity index (χ2v) is 7.18. The maximum atomic E-state index is 5.96. The third kappa shape index (κ3) is 3.28. The largest absolute Gasteiger partial charge is 0.305 e. The van der Waals surface area contributed by atoms with Crippen LogP contribution in [0.2, 0.25) is 5.02 Å². The van der Waals surface area contributed by atoms with Crippen molar-refractivity contribution in [3.63, 3.8) is 0 Å². The van der Waals surface area contributed by atoms with Crippen LogP contribution in [0.5, 0.6) is 0 Å². The summed E-state index contributed by atoms with van der Waals surface area (Å²) >= 11 is 7.66. The van der Waals surface area contributed by atoms with Crippen LogP contribution in [0.25, 0.3) is 22.2 Å². The molecule has 4 aromatic rings. The lowest BCUT2D eigenvalue weighted by atomic mass is 10.1. The van der Waals surface area contributed by atoms with Crippen LogP contribution in [-0.4, -0.2) is 14.8 Å². The molecule has 0 aliphatic heterocycles. The molecule has 0 unspecified atom stereocenters. The van der Waals surface area contributed by atoms with Crippen molar-refractivity contribution in [1.29, 1.82) is 0 Å². The van der Waals surface area contributed by atoms with Gasteiger partial charge >= 0.3 is 0 Å². The molecule has 0 saturated carbocycles. The van der Waals surface area contributed by atoms with E-state index in [2.05, 4.69) is 52.7 Å². The first-order valence-electron chi connectivity index (χ1n) is 7.97. The summed E-state index contributed by atoms with van der Waals surface area (Å²) < 4.78 is 2.03. The minimum Gasteiger partial charge on any atom is -0.305 e. The van der Waals surface area contributed by atoms with Crippen molar-refractivity contribution in [3.05, 3.63) is 77.3 Å². The van der Waals surface area contributed by atoms with Crippen LogP contribution in [0.4, 0.5) is 0 Å². The lowest BCUT2D eigenvalue weighted by Gasteiger charge is -2.07. The van der Waals surface area contributed by atoms with Gasteiger partial charge in [0, 0.05) is 23.4 Å². The highest BCUT2D eigenvalue weighted by molar-refractivity contribution is 7.98. The Labute approximate surface area is 155 Å². The van der Waals surface area contributed by atoms with Crippen LogP contribution in [0.15, 0.2) is 71.9 Å². The molecule has 0 N–H and O–H groups in total. The van der Waals surface area contributed by atoms with Crippen molar-refractivity contribution in [2.24, 2.45) is 7.05 Å². The van der Waals surface area contributed by atoms with E-state index in [0.29, 0.717) is 0 Å². The zero-order valence-electron chi connectivity index (χ0n) is 13.7. The number of rotatable bonds is 4. The Morgan fingerprint density at radius 2 is 1.68 bits per heavy atom. The van der Waals surface area contributed by atoms with Crippen molar-refractivity contribution in [1.82, 2.24) is 14.8 Å². The summed E-state index contributed by atoms with van der Waals surface area (Å²) in [6.45, 7) is 0. The summed E-state index contributed by atoms with van der Waals surface area (Å²) in [7, 11) is 2.00. The Hall–Kier alpha value is -2.30. The molecule has 0 atom stereocenters. The van der Waals surface area contributed by atoms with E-state index in [1.807, 2.05) is 35.9 Å². The van der Waals surface area contributed by atoms with Gasteiger partial charge in [-0.05, 0) is 40.6 Å². The third-order valence-electron chi connectivity index (χ3n) is 4.17. The molecule has 5 heteroatoms. The van der Waals surface area contributed by atoms with Crippen molar-refractivity contribution < 1.29 is 0 Å². The molecule has 0 aliphatic carbocycles. The predicted octanol–water partition coefficient (Wildman–Crippen LogP) is 5.58. The SMILES string of the molecule is Cn1c(SCc2cccc3ccccc23)nnc1-c1ccc(Cl)cc1. The number of fused-ring (bicyclic) bond motifs is 1. The van der Waals surface area contributed by atoms with E-state index < -0.39 is 0 Å². The van der Waals surface area contributed by atoms with E-state index in [1.165, 1.54) is 16.3 Å². The first-order valence-corrected chi connectivity index (χ1v) is 9.33. The Bertz CT molecular complexity index is 1020. The van der Waals surface area contributed by atoms with Gasteiger partial charge in [-0.1, -0.05) is 65.8 Å². The van der Waals surface area contributed by atoms with Gasteiger partial charge in [0.05, 0.1) is 0 Å². The molecule has 0 radical (unpaired) electrons. The molecule has 1 aromatic heterocycles. The molecule has 0 aliphatic rings. The average molecular weight is 366 g/mol. The number of nitrogens with zero attached hydrogens (tertiary/aromatic N) is 3. The first kappa shape index (κ1) is 16.2. The number of benzene rings is 3. The Kier molecular flexibility index (Phi) is 4.47. The highest BCUT2D eigenvalue weighted by atomic mass is 35.5. The van der Waals surface area contributed by atoms with Crippen molar-refractivity contribution in [2.45, 2.75) is 10.9 Å². The van der Waals surface area contributed by atoms with Gasteiger partial charge in [-0.15, -0.1) is 10.2 Å². The zero-order chi connectivity index (χ0) is 17.2. The lowest BCUT2D eigenvalue weighted by molar-refractivity contribution is 0.794. The molecule has 0 spiro atoms. The quantitative estimate of drug-likeness (QED) is 0.442. The van der Waals surface area contributed by atoms with Gasteiger partial charge in [-0.25, -0.2) is 0 Å². The van der Waals surface area contributed by atoms with E-state index in [9.17, 15) is 0 Å². The Morgan fingerprint density at radius 3 is 2.52 bits per heavy atom. The second kappa shape index (κ2) is 6.90. The summed E-state index contributed by atoms with van der Waals surface area (Å²) in [4.78, 5) is 0. The van der Waals surface area contributed by atoms with Gasteiger partial charge in [0.25, 0.3) is 0 Å². The highest BCUT2D eigenvalue weighted by Crippen LogP contribution is 2.28. The fourth-order valence-corrected chi connectivity index (χ4v) is 3.89. The van der Waals surface area contributed by atoms with Crippen LogP contribution >= 0.6 is 23.4 Å². The highest BCUT2D eigenvalue weighted by Gasteiger charge is 2.12. The molecule has 0 saturated heterocycles. The van der Waals surface area contributed by atoms with Gasteiger partial charge in [0.1, 0.15) is 0 Å². The molecule has 25 heavy (non-hydrogen) atoms. The van der Waals surface area contributed by atoms with Crippen LogP contribution in [-0.2, 0) is 12.8 Å². The standard InChI is InChI=1S/C20H16ClN3S/c1-24-19(15-9-11-17(21)12-10-15)22-23-20(24)25-13-16-7-4-6-14-5-2-3-8-18(14)16/h2-12H,13H2,1H3. The molecule has 1 heterocycles. The summed E-state index contributed by atoms with van der Waals surface area (Å²) in [5, 5.41) is 12.9. The van der Waals surface area contributed by atoms with Crippen molar-refractivity contribution in [3.8, 4) is 11.4 Å². The molecular weight excluding hydrogens is 350 g/mol. The number of hydrogen-bond donors (Lipinski definition) is 0. The van der Waals surface area contributed by atoms with E-state index in [4.69, 9.17) is 11.6 Å². The zero-order valence-corrected chi connectivity index (χ0v) is 15.3. The summed E-state index contributed by atoms with van der Waals surface area (Å²) in [6, 6.07) is 22.5. The minimum absolute atomic E-state index is 0.719. The number of hydrogen-bond acceptors (Lipinski definition) is 3. The Morgan fingerprint density at radius 1 is 0.920 bits per heavy atom. The van der Waals surface area contributed by atoms with Crippen LogP contribution in [0.1, 0.15) is 5.56 Å². The molecule has 3 aromatic carbocycles. The monoisotopic (exact) mass is 365 g/mol. The van der Waals surface area contributed by atoms with Crippen molar-refractivity contribution in [2.75, 3.05) is 0 Å². The third-order valence-corrected chi connectivity index (χ3v) is 5.50. The van der Waals surface area contributed by atoms with Crippen molar-refractivity contribution >= 4 is 34.1 Å². The van der Waals surface area contributed by atoms with E-state index in [-0.39, 0.29) is 0 Å². The summed E-state index contributed by atoms with van der Waals surface area (Å²) in [5.41, 5.74) is 2.32. The molecule has 124 valence electrons. The first-order chi connectivity index (χ1) is 12.2. The number of halogens is 1. The van der Waals surface area contributed by atoms with Crippen LogP contribution in [0.3, 0.4) is 0 Å². The predicted molar refractivity (Wildman–Crippen MR) is 105 cm³/mol. The molecule has 4 rings (SSSR count). The fraction of sp³-hybridized carbons (Fsp3) is 0.100. The maximum Gasteiger partial charge on any atom is 0.191 e. The normalized spacial score (nSPS) is 11.1. The van der Waals surface area contributed by atoms with Crippen LogP contribution in [0, 0.1) is 0 Å². The van der Waals surface area contributed by atoms with Gasteiger partial charge in [-0.3, -0.25) is 0 Å². The lowest BCUT2D eigenvalue weighted by Crippen LogP contribution is -1.95. The minimum atomic E-state index is 0.719. The fourth-order valence-electron chi connectivity index (χ4n) is 2.85. The van der Waals surface area contributed by atoms with E-state index >= 15 is 0 Å². The number of thioether (sulfide) groups is 1. The summed E-state index contributed by atoms with van der Waals surface area (Å²) in [6.07, 6.45) is 0.